The molecular formula is C20H26N4OS. The van der Waals surface area contributed by atoms with Crippen LogP contribution in [0.2, 0.25) is 0 Å². The molecule has 1 saturated carbocycles. The molecule has 0 bridgehead atoms. The number of piperidine rings is 1. The van der Waals surface area contributed by atoms with Gasteiger partial charge in [-0.1, -0.05) is 23.8 Å². The molecule has 4 heterocycles. The second-order valence-corrected chi connectivity index (χ2v) is 8.69. The normalized spacial score (nSPS) is 22.1. The van der Waals surface area contributed by atoms with Crippen molar-refractivity contribution in [3.8, 4) is 5.19 Å². The number of hydrogen-bond donors (Lipinski definition) is 0. The van der Waals surface area contributed by atoms with Crippen molar-refractivity contribution in [2.45, 2.75) is 57.2 Å². The Bertz CT molecular complexity index is 738. The molecule has 1 aliphatic carbocycles. The second kappa shape index (κ2) is 7.16. The third-order valence-electron chi connectivity index (χ3n) is 6.02. The summed E-state index contributed by atoms with van der Waals surface area (Å²) >= 11 is 1.73. The van der Waals surface area contributed by atoms with E-state index in [-0.39, 0.29) is 0 Å². The van der Waals surface area contributed by atoms with Crippen LogP contribution in [0, 0.1) is 0 Å². The van der Waals surface area contributed by atoms with Crippen molar-refractivity contribution in [1.29, 1.82) is 0 Å². The fourth-order valence-corrected chi connectivity index (χ4v) is 5.25. The summed E-state index contributed by atoms with van der Waals surface area (Å²) in [4.78, 5) is 15.6. The molecule has 0 radical (unpaired) electrons. The number of rotatable bonds is 4. The highest BCUT2D eigenvalue weighted by Crippen LogP contribution is 2.33. The van der Waals surface area contributed by atoms with Gasteiger partial charge < -0.3 is 14.5 Å². The SMILES string of the molecule is c1ccc(N2CCc3nc(OC4CCN(C5CCC5)CC4)sc3C2)nc1. The number of thiazole rings is 1. The van der Waals surface area contributed by atoms with Crippen LogP contribution in [-0.2, 0) is 13.0 Å². The van der Waals surface area contributed by atoms with Gasteiger partial charge in [-0.05, 0) is 37.8 Å². The molecule has 0 spiro atoms. The van der Waals surface area contributed by atoms with E-state index in [0.717, 1.165) is 49.4 Å². The predicted molar refractivity (Wildman–Crippen MR) is 104 cm³/mol. The van der Waals surface area contributed by atoms with E-state index in [1.807, 2.05) is 12.3 Å². The standard InChI is InChI=1S/C20H26N4OS/c1-2-10-21-19(6-1)24-13-9-17-18(14-24)26-20(22-17)25-16-7-11-23(12-8-16)15-4-3-5-15/h1-2,6,10,15-16H,3-5,7-9,11-14H2. The number of aromatic nitrogens is 2. The molecule has 2 aliphatic heterocycles. The number of nitrogens with zero attached hydrogens (tertiary/aromatic N) is 4. The third kappa shape index (κ3) is 3.32. The monoisotopic (exact) mass is 370 g/mol. The van der Waals surface area contributed by atoms with E-state index in [0.29, 0.717) is 6.10 Å². The Balaban J connectivity index is 1.19. The van der Waals surface area contributed by atoms with E-state index in [1.165, 1.54) is 42.9 Å². The maximum Gasteiger partial charge on any atom is 0.273 e. The van der Waals surface area contributed by atoms with E-state index < -0.39 is 0 Å². The fourth-order valence-electron chi connectivity index (χ4n) is 4.21. The number of hydrogen-bond acceptors (Lipinski definition) is 6. The lowest BCUT2D eigenvalue weighted by Gasteiger charge is -2.41. The molecule has 0 aromatic carbocycles. The van der Waals surface area contributed by atoms with Crippen LogP contribution < -0.4 is 9.64 Å². The number of pyridine rings is 1. The van der Waals surface area contributed by atoms with Gasteiger partial charge in [0.15, 0.2) is 0 Å². The Morgan fingerprint density at radius 3 is 2.69 bits per heavy atom. The minimum atomic E-state index is 0.339. The molecule has 0 atom stereocenters. The molecule has 5 nitrogen and oxygen atoms in total. The third-order valence-corrected chi connectivity index (χ3v) is 6.99. The van der Waals surface area contributed by atoms with Crippen LogP contribution >= 0.6 is 11.3 Å². The summed E-state index contributed by atoms with van der Waals surface area (Å²) in [6.07, 6.45) is 9.68. The van der Waals surface area contributed by atoms with Gasteiger partial charge in [-0.2, -0.15) is 0 Å². The zero-order chi connectivity index (χ0) is 17.3. The maximum atomic E-state index is 6.28. The molecule has 6 heteroatoms. The van der Waals surface area contributed by atoms with E-state index in [2.05, 4.69) is 26.9 Å². The minimum Gasteiger partial charge on any atom is -0.467 e. The topological polar surface area (TPSA) is 41.5 Å². The molecular weight excluding hydrogens is 344 g/mol. The van der Waals surface area contributed by atoms with Gasteiger partial charge in [0.25, 0.3) is 5.19 Å². The van der Waals surface area contributed by atoms with E-state index >= 15 is 0 Å². The molecule has 3 aliphatic rings. The number of anilines is 1. The lowest BCUT2D eigenvalue weighted by Crippen LogP contribution is -2.46. The van der Waals surface area contributed by atoms with Crippen molar-refractivity contribution in [3.63, 3.8) is 0 Å². The number of fused-ring (bicyclic) bond motifs is 1. The molecule has 2 fully saturated rings. The zero-order valence-corrected chi connectivity index (χ0v) is 16.0. The first-order valence-corrected chi connectivity index (χ1v) is 10.7. The average Bonchev–Trinajstić information content (AvgIpc) is 3.04. The average molecular weight is 371 g/mol. The second-order valence-electron chi connectivity index (χ2n) is 7.65. The summed E-state index contributed by atoms with van der Waals surface area (Å²) in [5, 5.41) is 0.875. The van der Waals surface area contributed by atoms with E-state index in [1.54, 1.807) is 11.3 Å². The van der Waals surface area contributed by atoms with Crippen molar-refractivity contribution < 1.29 is 4.74 Å². The first-order valence-electron chi connectivity index (χ1n) is 9.90. The Morgan fingerprint density at radius 2 is 1.96 bits per heavy atom. The quantitative estimate of drug-likeness (QED) is 0.824. The van der Waals surface area contributed by atoms with Gasteiger partial charge in [-0.25, -0.2) is 9.97 Å². The maximum absolute atomic E-state index is 6.28. The van der Waals surface area contributed by atoms with Crippen LogP contribution in [0.4, 0.5) is 5.82 Å². The summed E-state index contributed by atoms with van der Waals surface area (Å²) < 4.78 is 6.28. The lowest BCUT2D eigenvalue weighted by molar-refractivity contribution is 0.0492. The number of likely N-dealkylation sites (tertiary alicyclic amines) is 1. The molecule has 0 amide bonds. The van der Waals surface area contributed by atoms with E-state index in [4.69, 9.17) is 9.72 Å². The highest BCUT2D eigenvalue weighted by molar-refractivity contribution is 7.13. The van der Waals surface area contributed by atoms with Gasteiger partial charge >= 0.3 is 0 Å². The molecule has 0 N–H and O–H groups in total. The smallest absolute Gasteiger partial charge is 0.273 e. The van der Waals surface area contributed by atoms with Gasteiger partial charge in [0.05, 0.1) is 17.1 Å². The Morgan fingerprint density at radius 1 is 1.08 bits per heavy atom. The van der Waals surface area contributed by atoms with Gasteiger partial charge in [0.2, 0.25) is 0 Å². The van der Waals surface area contributed by atoms with Crippen LogP contribution in [0.3, 0.4) is 0 Å². The fraction of sp³-hybridized carbons (Fsp3) is 0.600. The van der Waals surface area contributed by atoms with Gasteiger partial charge in [0, 0.05) is 38.3 Å². The molecule has 138 valence electrons. The predicted octanol–water partition coefficient (Wildman–Crippen LogP) is 3.50. The lowest BCUT2D eigenvalue weighted by atomic mass is 9.90. The molecule has 0 unspecified atom stereocenters. The van der Waals surface area contributed by atoms with Gasteiger partial charge in [-0.15, -0.1) is 0 Å². The molecule has 2 aromatic rings. The van der Waals surface area contributed by atoms with Crippen molar-refractivity contribution in [2.75, 3.05) is 24.5 Å². The van der Waals surface area contributed by atoms with Crippen molar-refractivity contribution in [2.24, 2.45) is 0 Å². The minimum absolute atomic E-state index is 0.339. The molecule has 26 heavy (non-hydrogen) atoms. The largest absolute Gasteiger partial charge is 0.467 e. The highest BCUT2D eigenvalue weighted by atomic mass is 32.1. The number of ether oxygens (including phenoxy) is 1. The molecule has 2 aromatic heterocycles. The van der Waals surface area contributed by atoms with Gasteiger partial charge in [-0.3, -0.25) is 0 Å². The molecule has 5 rings (SSSR count). The first-order chi connectivity index (χ1) is 12.8. The summed E-state index contributed by atoms with van der Waals surface area (Å²) in [6, 6.07) is 6.96. The summed E-state index contributed by atoms with van der Waals surface area (Å²) in [7, 11) is 0. The first kappa shape index (κ1) is 16.5. The van der Waals surface area contributed by atoms with Crippen LogP contribution in [0.5, 0.6) is 5.19 Å². The van der Waals surface area contributed by atoms with Crippen molar-refractivity contribution >= 4 is 17.2 Å². The Hall–Kier alpha value is -1.66. The van der Waals surface area contributed by atoms with Crippen LogP contribution in [0.15, 0.2) is 24.4 Å². The Kier molecular flexibility index (Phi) is 4.55. The van der Waals surface area contributed by atoms with Crippen molar-refractivity contribution in [1.82, 2.24) is 14.9 Å². The van der Waals surface area contributed by atoms with Crippen molar-refractivity contribution in [3.05, 3.63) is 35.0 Å². The van der Waals surface area contributed by atoms with Crippen LogP contribution in [0.1, 0.15) is 42.7 Å². The zero-order valence-electron chi connectivity index (χ0n) is 15.1. The summed E-state index contributed by atoms with van der Waals surface area (Å²) in [6.45, 7) is 4.25. The highest BCUT2D eigenvalue weighted by Gasteiger charge is 2.30. The summed E-state index contributed by atoms with van der Waals surface area (Å²) in [5.74, 6) is 1.05. The van der Waals surface area contributed by atoms with Crippen LogP contribution in [0.25, 0.3) is 0 Å². The van der Waals surface area contributed by atoms with E-state index in [9.17, 15) is 0 Å². The summed E-state index contributed by atoms with van der Waals surface area (Å²) in [5.41, 5.74) is 1.23. The molecule has 1 saturated heterocycles. The van der Waals surface area contributed by atoms with Gasteiger partial charge in [0.1, 0.15) is 11.9 Å². The Labute approximate surface area is 159 Å². The van der Waals surface area contributed by atoms with Crippen LogP contribution in [-0.4, -0.2) is 46.6 Å².